The number of nitrogens with one attached hydrogen (secondary N) is 5. The predicted molar refractivity (Wildman–Crippen MR) is 344 cm³/mol. The summed E-state index contributed by atoms with van der Waals surface area (Å²) in [6.07, 6.45) is 10.3. The highest BCUT2D eigenvalue weighted by molar-refractivity contribution is 7.90. The number of nitrogens with zero attached hydrogens (tertiary/aromatic N) is 7. The van der Waals surface area contributed by atoms with E-state index in [-0.39, 0.29) is 70.8 Å². The summed E-state index contributed by atoms with van der Waals surface area (Å²) >= 11 is 6.28. The molecular weight excluding hydrogens is 1200 g/mol. The molecule has 0 radical (unpaired) electrons. The third kappa shape index (κ3) is 13.8. The summed E-state index contributed by atoms with van der Waals surface area (Å²) in [6.45, 7) is 11.3. The molecule has 1 unspecified atom stereocenters. The van der Waals surface area contributed by atoms with E-state index in [0.29, 0.717) is 74.3 Å². The monoisotopic (exact) mass is 1280 g/mol. The van der Waals surface area contributed by atoms with Crippen LogP contribution in [0.2, 0.25) is 5.02 Å². The number of benzene rings is 4. The van der Waals surface area contributed by atoms with Crippen molar-refractivity contribution < 1.29 is 46.8 Å². The molecule has 6 amide bonds. The maximum atomic E-state index is 14.2. The maximum absolute atomic E-state index is 14.2. The smallest absolute Gasteiger partial charge is 0.293 e. The Kier molecular flexibility index (Phi) is 18.0. The molecule has 6 heterocycles. The van der Waals surface area contributed by atoms with Crippen molar-refractivity contribution >= 4 is 96.4 Å². The van der Waals surface area contributed by atoms with Crippen LogP contribution >= 0.6 is 11.6 Å². The number of H-pyrrole nitrogens is 1. The third-order valence-corrected chi connectivity index (χ3v) is 20.3. The number of hydrogen-bond acceptors (Lipinski definition) is 17. The molecule has 23 nitrogen and oxygen atoms in total. The molecular formula is C66H73ClN12O11S. The summed E-state index contributed by atoms with van der Waals surface area (Å²) in [4.78, 5) is 107. The van der Waals surface area contributed by atoms with Gasteiger partial charge < -0.3 is 30.2 Å². The lowest BCUT2D eigenvalue weighted by molar-refractivity contribution is -0.384. The van der Waals surface area contributed by atoms with E-state index in [1.54, 1.807) is 42.6 Å². The van der Waals surface area contributed by atoms with E-state index in [4.69, 9.17) is 16.3 Å². The second kappa shape index (κ2) is 26.3. The lowest BCUT2D eigenvalue weighted by Crippen LogP contribution is -2.54. The van der Waals surface area contributed by atoms with Crippen molar-refractivity contribution in [3.63, 3.8) is 0 Å². The van der Waals surface area contributed by atoms with Gasteiger partial charge in [0.05, 0.1) is 39.3 Å². The number of amides is 6. The van der Waals surface area contributed by atoms with Gasteiger partial charge >= 0.3 is 0 Å². The number of carbonyl (C=O) groups excluding carboxylic acids is 6. The first-order chi connectivity index (χ1) is 43.7. The van der Waals surface area contributed by atoms with Crippen molar-refractivity contribution in [2.75, 3.05) is 87.5 Å². The number of fused-ring (bicyclic) bond motifs is 2. The molecule has 3 saturated heterocycles. The van der Waals surface area contributed by atoms with Gasteiger partial charge in [-0.1, -0.05) is 49.2 Å². The molecule has 476 valence electrons. The number of piperazine rings is 2. The molecule has 0 spiro atoms. The number of nitro benzene ring substituents is 1. The number of aromatic nitrogens is 2. The fourth-order valence-electron chi connectivity index (χ4n) is 13.6. The summed E-state index contributed by atoms with van der Waals surface area (Å²) < 4.78 is 36.6. The van der Waals surface area contributed by atoms with Gasteiger partial charge in [0.15, 0.2) is 0 Å². The van der Waals surface area contributed by atoms with Gasteiger partial charge in [0.1, 0.15) is 28.9 Å². The zero-order valence-corrected chi connectivity index (χ0v) is 52.4. The van der Waals surface area contributed by atoms with E-state index in [0.717, 1.165) is 86.6 Å². The van der Waals surface area contributed by atoms with Crippen molar-refractivity contribution in [2.45, 2.75) is 95.0 Å². The second-order valence-corrected chi connectivity index (χ2v) is 27.4. The van der Waals surface area contributed by atoms with Gasteiger partial charge in [0.25, 0.3) is 33.4 Å². The summed E-state index contributed by atoms with van der Waals surface area (Å²) in [5.74, 6) is -2.70. The maximum Gasteiger partial charge on any atom is 0.293 e. The number of anilines is 3. The van der Waals surface area contributed by atoms with Crippen molar-refractivity contribution in [1.29, 1.82) is 0 Å². The van der Waals surface area contributed by atoms with Crippen LogP contribution in [0, 0.1) is 21.4 Å². The minimum Gasteiger partial charge on any atom is -0.455 e. The number of allylic oxidation sites excluding steroid dienone is 1. The van der Waals surface area contributed by atoms with Gasteiger partial charge in [0, 0.05) is 118 Å². The summed E-state index contributed by atoms with van der Waals surface area (Å²) in [5, 5.41) is 22.7. The standard InChI is InChI=1S/C66H73ClN12O11S/c1-66(2)23-21-44(52(36-66)42-9-11-45(67)12-10-42)39-74-27-29-75(30-28-74)47-15-17-50(57(34-47)90-48-33-43-22-25-69-61(43)71-38-48)62(82)73-91(88,89)49-16-18-53(56(35-49)79(86)87)70-37-41-7-13-46(14-8-41)77-32-31-76(59(81)40-77)26-4-24-68-54-6-3-5-51-60(54)65(85)78(64(51)84)55-19-20-58(80)72-63(55)83/h3,5-6,9-12,15-18,22,25,33-35,38,41,46,55,68,70H,4,7-8,13-14,19-21,23-24,26-32,36-37,39-40H2,1-2H3,(H,69,71)(H,73,82)(H,72,80,83). The van der Waals surface area contributed by atoms with Crippen LogP contribution in [0.25, 0.3) is 16.6 Å². The van der Waals surface area contributed by atoms with Crippen molar-refractivity contribution in [2.24, 2.45) is 11.3 Å². The highest BCUT2D eigenvalue weighted by Gasteiger charge is 2.46. The Bertz CT molecular complexity index is 4010. The van der Waals surface area contributed by atoms with E-state index >= 15 is 0 Å². The first-order valence-corrected chi connectivity index (χ1v) is 33.0. The fraction of sp³-hybridized carbons (Fsp3) is 0.409. The molecule has 4 aliphatic heterocycles. The van der Waals surface area contributed by atoms with Gasteiger partial charge in [-0.25, -0.2) is 18.1 Å². The summed E-state index contributed by atoms with van der Waals surface area (Å²) in [5.41, 5.74) is 6.09. The average Bonchev–Trinajstić information content (AvgIpc) is 1.67. The lowest BCUT2D eigenvalue weighted by Gasteiger charge is -2.41. The molecule has 6 aliphatic rings. The Morgan fingerprint density at radius 1 is 0.857 bits per heavy atom. The quantitative estimate of drug-likeness (QED) is 0.0206. The molecule has 4 fully saturated rings. The molecule has 25 heteroatoms. The Hall–Kier alpha value is -8.71. The SMILES string of the molecule is CC1(C)CCC(CN2CCN(c3ccc(C(=O)NS(=O)(=O)c4ccc(NCC5CCC(N6CCN(CCCNc7cccc8c7C(=O)N(C7CCC(=O)NC7=O)C8=O)C(=O)C6)CC5)c([N+](=O)[O-])c4)c(Oc4cnc5[nH]ccc5c4)c3)CC2)=C(c2ccc(Cl)cc2)C1. The number of rotatable bonds is 20. The van der Waals surface area contributed by atoms with Gasteiger partial charge in [-0.2, -0.15) is 0 Å². The molecule has 5 N–H and O–H groups in total. The summed E-state index contributed by atoms with van der Waals surface area (Å²) in [7, 11) is -4.66. The molecule has 2 aliphatic carbocycles. The zero-order valence-electron chi connectivity index (χ0n) is 50.8. The number of pyridine rings is 1. The molecule has 1 saturated carbocycles. The molecule has 1 atom stereocenters. The molecule has 0 bridgehead atoms. The largest absolute Gasteiger partial charge is 0.455 e. The van der Waals surface area contributed by atoms with Crippen LogP contribution in [0.4, 0.5) is 22.7 Å². The Morgan fingerprint density at radius 2 is 1.65 bits per heavy atom. The van der Waals surface area contributed by atoms with Crippen molar-refractivity contribution in [1.82, 2.24) is 39.6 Å². The fourth-order valence-corrected chi connectivity index (χ4v) is 14.7. The van der Waals surface area contributed by atoms with Gasteiger partial charge in [-0.15, -0.1) is 0 Å². The number of hydrogen-bond donors (Lipinski definition) is 5. The second-order valence-electron chi connectivity index (χ2n) is 25.3. The zero-order chi connectivity index (χ0) is 63.7. The van der Waals surface area contributed by atoms with Crippen LogP contribution < -0.4 is 30.3 Å². The van der Waals surface area contributed by atoms with Crippen molar-refractivity contribution in [3.05, 3.63) is 146 Å². The lowest BCUT2D eigenvalue weighted by atomic mass is 9.72. The van der Waals surface area contributed by atoms with Gasteiger partial charge in [0.2, 0.25) is 17.7 Å². The van der Waals surface area contributed by atoms with E-state index in [1.165, 1.54) is 41.1 Å². The number of sulfonamides is 1. The number of nitro groups is 1. The van der Waals surface area contributed by atoms with Crippen LogP contribution in [0.15, 0.2) is 114 Å². The highest BCUT2D eigenvalue weighted by Crippen LogP contribution is 2.44. The Balaban J connectivity index is 0.629. The molecule has 4 aromatic carbocycles. The Morgan fingerprint density at radius 3 is 2.41 bits per heavy atom. The number of piperidine rings is 1. The highest BCUT2D eigenvalue weighted by atomic mass is 35.5. The van der Waals surface area contributed by atoms with Gasteiger partial charge in [-0.3, -0.25) is 58.9 Å². The number of carbonyl (C=O) groups is 6. The van der Waals surface area contributed by atoms with Crippen LogP contribution in [0.1, 0.15) is 115 Å². The van der Waals surface area contributed by atoms with E-state index in [2.05, 4.69) is 71.3 Å². The molecule has 6 aromatic rings. The minimum absolute atomic E-state index is 0.0132. The van der Waals surface area contributed by atoms with Gasteiger partial charge in [-0.05, 0) is 141 Å². The Labute approximate surface area is 532 Å². The predicted octanol–water partition coefficient (Wildman–Crippen LogP) is 8.84. The molecule has 91 heavy (non-hydrogen) atoms. The molecule has 12 rings (SSSR count). The van der Waals surface area contributed by atoms with Crippen LogP contribution in [0.5, 0.6) is 11.5 Å². The van der Waals surface area contributed by atoms with Crippen molar-refractivity contribution in [3.8, 4) is 11.5 Å². The number of imide groups is 2. The minimum atomic E-state index is -4.66. The third-order valence-electron chi connectivity index (χ3n) is 18.7. The van der Waals surface area contributed by atoms with Crippen LogP contribution in [-0.2, 0) is 24.4 Å². The number of aromatic amines is 1. The van der Waals surface area contributed by atoms with E-state index < -0.39 is 61.1 Å². The van der Waals surface area contributed by atoms with Crippen LogP contribution in [0.3, 0.4) is 0 Å². The normalized spacial score (nSPS) is 20.8. The summed E-state index contributed by atoms with van der Waals surface area (Å²) in [6, 6.07) is 24.3. The number of ether oxygens (including phenoxy) is 1. The van der Waals surface area contributed by atoms with E-state index in [9.17, 15) is 47.3 Å². The average molecular weight is 1280 g/mol. The van der Waals surface area contributed by atoms with Crippen LogP contribution in [-0.4, -0.2) is 162 Å². The number of halogens is 1. The first kappa shape index (κ1) is 62.5. The first-order valence-electron chi connectivity index (χ1n) is 31.1. The molecule has 2 aromatic heterocycles. The topological polar surface area (TPSA) is 282 Å². The van der Waals surface area contributed by atoms with E-state index in [1.807, 2.05) is 23.1 Å².